The topological polar surface area (TPSA) is 75.6 Å². The molecular weight excluding hydrogens is 344 g/mol. The Kier molecular flexibility index (Phi) is 6.13. The Bertz CT molecular complexity index is 780. The zero-order valence-electron chi connectivity index (χ0n) is 15.7. The Morgan fingerprint density at radius 1 is 1.15 bits per heavy atom. The van der Waals surface area contributed by atoms with Crippen LogP contribution in [0, 0.1) is 6.92 Å². The smallest absolute Gasteiger partial charge is 0.246 e. The molecule has 0 radical (unpaired) electrons. The number of carbonyl (C=O) groups excluding carboxylic acids is 2. The summed E-state index contributed by atoms with van der Waals surface area (Å²) in [5.41, 5.74) is 2.49. The fourth-order valence-electron chi connectivity index (χ4n) is 3.15. The van der Waals surface area contributed by atoms with Crippen LogP contribution >= 0.6 is 0 Å². The highest BCUT2D eigenvalue weighted by atomic mass is 16.5. The molecule has 1 fully saturated rings. The molecule has 0 N–H and O–H groups in total. The molecule has 1 aromatic carbocycles. The second kappa shape index (κ2) is 8.73. The summed E-state index contributed by atoms with van der Waals surface area (Å²) >= 11 is 0. The number of amides is 2. The minimum atomic E-state index is -0.561. The van der Waals surface area contributed by atoms with E-state index in [-0.39, 0.29) is 24.9 Å². The second-order valence-corrected chi connectivity index (χ2v) is 6.63. The predicted octanol–water partition coefficient (Wildman–Crippen LogP) is 1.21. The number of benzene rings is 1. The third kappa shape index (κ3) is 4.68. The number of piperazine rings is 1. The lowest BCUT2D eigenvalue weighted by molar-refractivity contribution is -0.157. The van der Waals surface area contributed by atoms with Gasteiger partial charge in [0, 0.05) is 26.3 Å². The molecule has 0 unspecified atom stereocenters. The van der Waals surface area contributed by atoms with Gasteiger partial charge in [0.15, 0.2) is 0 Å². The molecule has 7 nitrogen and oxygen atoms in total. The van der Waals surface area contributed by atoms with Crippen molar-refractivity contribution in [1.29, 1.82) is 0 Å². The molecule has 2 heterocycles. The molecule has 1 aromatic heterocycles. The quantitative estimate of drug-likeness (QED) is 0.734. The van der Waals surface area contributed by atoms with Gasteiger partial charge < -0.3 is 14.5 Å². The summed E-state index contributed by atoms with van der Waals surface area (Å²) in [7, 11) is 1.58. The molecule has 0 spiro atoms. The van der Waals surface area contributed by atoms with E-state index in [0.29, 0.717) is 25.3 Å². The molecule has 3 rings (SSSR count). The summed E-state index contributed by atoms with van der Waals surface area (Å²) < 4.78 is 5.08. The minimum Gasteiger partial charge on any atom is -0.383 e. The molecule has 0 aliphatic carbocycles. The molecule has 0 saturated carbocycles. The molecule has 27 heavy (non-hydrogen) atoms. The van der Waals surface area contributed by atoms with Crippen molar-refractivity contribution in [3.63, 3.8) is 0 Å². The van der Waals surface area contributed by atoms with Crippen LogP contribution in [0.5, 0.6) is 0 Å². The first-order chi connectivity index (χ1) is 13.1. The largest absolute Gasteiger partial charge is 0.383 e. The fraction of sp³-hybridized carbons (Fsp3) is 0.400. The molecule has 2 aromatic rings. The summed E-state index contributed by atoms with van der Waals surface area (Å²) in [6, 6.07) is 9.17. The summed E-state index contributed by atoms with van der Waals surface area (Å²) in [5.74, 6) is -0.149. The average molecular weight is 368 g/mol. The lowest BCUT2D eigenvalue weighted by Crippen LogP contribution is -2.60. The van der Waals surface area contributed by atoms with E-state index in [2.05, 4.69) is 9.97 Å². The van der Waals surface area contributed by atoms with Gasteiger partial charge in [-0.2, -0.15) is 0 Å². The maximum Gasteiger partial charge on any atom is 0.246 e. The van der Waals surface area contributed by atoms with E-state index in [0.717, 1.165) is 11.3 Å². The van der Waals surface area contributed by atoms with Crippen molar-refractivity contribution in [3.8, 4) is 0 Å². The number of rotatable bonds is 7. The summed E-state index contributed by atoms with van der Waals surface area (Å²) in [6.07, 6.45) is 3.79. The van der Waals surface area contributed by atoms with Crippen LogP contribution in [0.15, 0.2) is 42.7 Å². The van der Waals surface area contributed by atoms with Crippen molar-refractivity contribution >= 4 is 11.8 Å². The summed E-state index contributed by atoms with van der Waals surface area (Å²) in [5, 5.41) is 0. The van der Waals surface area contributed by atoms with Gasteiger partial charge in [0.05, 0.1) is 37.3 Å². The predicted molar refractivity (Wildman–Crippen MR) is 99.7 cm³/mol. The number of nitrogens with zero attached hydrogens (tertiary/aromatic N) is 4. The van der Waals surface area contributed by atoms with Crippen LogP contribution < -0.4 is 0 Å². The van der Waals surface area contributed by atoms with Crippen LogP contribution in [-0.4, -0.2) is 64.4 Å². The maximum absolute atomic E-state index is 13.1. The molecule has 1 atom stereocenters. The van der Waals surface area contributed by atoms with Crippen molar-refractivity contribution in [3.05, 3.63) is 59.7 Å². The van der Waals surface area contributed by atoms with E-state index >= 15 is 0 Å². The molecule has 7 heteroatoms. The van der Waals surface area contributed by atoms with Crippen LogP contribution in [0.1, 0.15) is 17.0 Å². The Morgan fingerprint density at radius 2 is 1.93 bits per heavy atom. The zero-order chi connectivity index (χ0) is 19.2. The van der Waals surface area contributed by atoms with Crippen LogP contribution in [-0.2, 0) is 27.3 Å². The highest BCUT2D eigenvalue weighted by molar-refractivity contribution is 5.95. The number of hydrogen-bond acceptors (Lipinski definition) is 5. The number of carbonyl (C=O) groups is 2. The van der Waals surface area contributed by atoms with Crippen molar-refractivity contribution in [2.75, 3.05) is 26.8 Å². The third-order valence-corrected chi connectivity index (χ3v) is 4.62. The first kappa shape index (κ1) is 19.0. The van der Waals surface area contributed by atoms with Gasteiger partial charge in [-0.1, -0.05) is 30.3 Å². The highest BCUT2D eigenvalue weighted by Gasteiger charge is 2.39. The zero-order valence-corrected chi connectivity index (χ0v) is 15.7. The molecular formula is C20H24N4O3. The van der Waals surface area contributed by atoms with E-state index in [9.17, 15) is 9.59 Å². The Labute approximate surface area is 159 Å². The van der Waals surface area contributed by atoms with Gasteiger partial charge in [-0.25, -0.2) is 0 Å². The van der Waals surface area contributed by atoms with Crippen LogP contribution in [0.4, 0.5) is 0 Å². The van der Waals surface area contributed by atoms with Gasteiger partial charge in [0.25, 0.3) is 0 Å². The first-order valence-electron chi connectivity index (χ1n) is 8.97. The normalized spacial score (nSPS) is 17.5. The van der Waals surface area contributed by atoms with Gasteiger partial charge in [0.2, 0.25) is 11.8 Å². The van der Waals surface area contributed by atoms with Crippen LogP contribution in [0.2, 0.25) is 0 Å². The van der Waals surface area contributed by atoms with Crippen molar-refractivity contribution < 1.29 is 14.3 Å². The van der Waals surface area contributed by atoms with Gasteiger partial charge >= 0.3 is 0 Å². The molecule has 1 saturated heterocycles. The number of aryl methyl sites for hydroxylation is 1. The lowest BCUT2D eigenvalue weighted by atomic mass is 10.0. The van der Waals surface area contributed by atoms with E-state index in [1.807, 2.05) is 37.3 Å². The standard InChI is InChI=1S/C20H24N4O3/c1-15-11-22-17(12-21-15)13-24-18(10-16-6-4-3-5-7-16)20(26)23(8-9-27-2)14-19(24)25/h3-7,11-12,18H,8-10,13-14H2,1-2H3/t18-/m1/s1. The van der Waals surface area contributed by atoms with Gasteiger partial charge in [-0.15, -0.1) is 0 Å². The Morgan fingerprint density at radius 3 is 2.59 bits per heavy atom. The molecule has 2 amide bonds. The van der Waals surface area contributed by atoms with Crippen LogP contribution in [0.25, 0.3) is 0 Å². The van der Waals surface area contributed by atoms with E-state index in [4.69, 9.17) is 4.74 Å². The van der Waals surface area contributed by atoms with Crippen molar-refractivity contribution in [2.45, 2.75) is 25.9 Å². The SMILES string of the molecule is COCCN1CC(=O)N(Cc2cnc(C)cn2)[C@H](Cc2ccccc2)C1=O. The molecule has 1 aliphatic heterocycles. The third-order valence-electron chi connectivity index (χ3n) is 4.62. The fourth-order valence-corrected chi connectivity index (χ4v) is 3.15. The van der Waals surface area contributed by atoms with Gasteiger partial charge in [0.1, 0.15) is 6.04 Å². The summed E-state index contributed by atoms with van der Waals surface area (Å²) in [4.78, 5) is 37.7. The number of methoxy groups -OCH3 is 1. The summed E-state index contributed by atoms with van der Waals surface area (Å²) in [6.45, 7) is 3.00. The lowest BCUT2D eigenvalue weighted by Gasteiger charge is -2.40. The minimum absolute atomic E-state index is 0.0597. The average Bonchev–Trinajstić information content (AvgIpc) is 2.68. The molecule has 0 bridgehead atoms. The Balaban J connectivity index is 1.84. The highest BCUT2D eigenvalue weighted by Crippen LogP contribution is 2.19. The molecule has 1 aliphatic rings. The molecule has 142 valence electrons. The van der Waals surface area contributed by atoms with Crippen LogP contribution in [0.3, 0.4) is 0 Å². The van der Waals surface area contributed by atoms with E-state index < -0.39 is 6.04 Å². The monoisotopic (exact) mass is 368 g/mol. The first-order valence-corrected chi connectivity index (χ1v) is 8.97. The van der Waals surface area contributed by atoms with Gasteiger partial charge in [-0.3, -0.25) is 19.6 Å². The number of aromatic nitrogens is 2. The Hall–Kier alpha value is -2.80. The second-order valence-electron chi connectivity index (χ2n) is 6.63. The van der Waals surface area contributed by atoms with E-state index in [1.165, 1.54) is 0 Å². The maximum atomic E-state index is 13.1. The van der Waals surface area contributed by atoms with Crippen molar-refractivity contribution in [1.82, 2.24) is 19.8 Å². The van der Waals surface area contributed by atoms with E-state index in [1.54, 1.807) is 29.3 Å². The number of ether oxygens (including phenoxy) is 1. The van der Waals surface area contributed by atoms with Gasteiger partial charge in [-0.05, 0) is 12.5 Å². The van der Waals surface area contributed by atoms with Crippen molar-refractivity contribution in [2.24, 2.45) is 0 Å². The number of hydrogen-bond donors (Lipinski definition) is 0.